The topological polar surface area (TPSA) is 138 Å². The van der Waals surface area contributed by atoms with Crippen molar-refractivity contribution in [3.05, 3.63) is 34.9 Å². The average molecular weight is 450 g/mol. The number of benzene rings is 1. The summed E-state index contributed by atoms with van der Waals surface area (Å²) in [6, 6.07) is 6.55. The van der Waals surface area contributed by atoms with Crippen molar-refractivity contribution in [2.75, 3.05) is 29.5 Å². The van der Waals surface area contributed by atoms with Crippen molar-refractivity contribution < 1.29 is 9.59 Å². The van der Waals surface area contributed by atoms with Gasteiger partial charge in [-0.15, -0.1) is 10.2 Å². The summed E-state index contributed by atoms with van der Waals surface area (Å²) in [4.78, 5) is 33.0. The molecule has 0 aliphatic heterocycles. The second kappa shape index (κ2) is 10.1. The number of hydrogen-bond acceptors (Lipinski definition) is 9. The number of anilines is 2. The lowest BCUT2D eigenvalue weighted by atomic mass is 10.2. The molecule has 13 heteroatoms. The average Bonchev–Trinajstić information content (AvgIpc) is 3.14. The van der Waals surface area contributed by atoms with Gasteiger partial charge in [-0.05, 0) is 26.0 Å². The van der Waals surface area contributed by atoms with Crippen molar-refractivity contribution >= 4 is 52.9 Å². The van der Waals surface area contributed by atoms with Crippen LogP contribution >= 0.6 is 23.4 Å². The smallest absolute Gasteiger partial charge is 0.271 e. The number of halogens is 1. The van der Waals surface area contributed by atoms with Gasteiger partial charge < -0.3 is 10.6 Å². The summed E-state index contributed by atoms with van der Waals surface area (Å²) in [6.45, 7) is 5.17. The minimum Gasteiger partial charge on any atom is -0.355 e. The van der Waals surface area contributed by atoms with Gasteiger partial charge >= 0.3 is 0 Å². The first-order valence-corrected chi connectivity index (χ1v) is 10.5. The second-order valence-electron chi connectivity index (χ2n) is 5.82. The van der Waals surface area contributed by atoms with Gasteiger partial charge in [-0.25, -0.2) is 4.40 Å². The molecule has 0 unspecified atom stereocenters. The molecule has 0 spiro atoms. The molecule has 0 atom stereocenters. The third-order valence-corrected chi connectivity index (χ3v) is 4.94. The standard InChI is InChI=1S/C17H20ClN9O2S/c1-3-19-14-21-15(20-4-2)27-16(22-14)25-26-17(27)30-9-12(28)23-24-13(29)10-7-5-6-8-11(10)18/h5-8H,3-4,9H2,1-2H3,(H,23,28)(H,24,29)(H2,19,20,21,22,25). The zero-order valence-electron chi connectivity index (χ0n) is 16.3. The Morgan fingerprint density at radius 1 is 1.07 bits per heavy atom. The fourth-order valence-electron chi connectivity index (χ4n) is 2.40. The van der Waals surface area contributed by atoms with Crippen molar-refractivity contribution in [1.29, 1.82) is 0 Å². The van der Waals surface area contributed by atoms with Crippen LogP contribution in [0.2, 0.25) is 5.02 Å². The van der Waals surface area contributed by atoms with Gasteiger partial charge in [0.05, 0.1) is 16.3 Å². The highest BCUT2D eigenvalue weighted by atomic mass is 35.5. The van der Waals surface area contributed by atoms with Crippen molar-refractivity contribution in [3.63, 3.8) is 0 Å². The zero-order chi connectivity index (χ0) is 21.5. The SMILES string of the molecule is CCNc1nc(NCC)n2c(SCC(=O)NNC(=O)c3ccccc3Cl)nnc2n1. The second-order valence-corrected chi connectivity index (χ2v) is 7.17. The lowest BCUT2D eigenvalue weighted by molar-refractivity contribution is -0.119. The summed E-state index contributed by atoms with van der Waals surface area (Å²) < 4.78 is 1.63. The first kappa shape index (κ1) is 21.6. The van der Waals surface area contributed by atoms with Crippen LogP contribution in [0, 0.1) is 0 Å². The van der Waals surface area contributed by atoms with Crippen molar-refractivity contribution in [2.24, 2.45) is 0 Å². The molecule has 11 nitrogen and oxygen atoms in total. The number of thioether (sulfide) groups is 1. The molecule has 2 amide bonds. The maximum Gasteiger partial charge on any atom is 0.271 e. The highest BCUT2D eigenvalue weighted by Crippen LogP contribution is 2.20. The van der Waals surface area contributed by atoms with E-state index in [0.29, 0.717) is 40.9 Å². The molecule has 0 aliphatic carbocycles. The molecule has 4 N–H and O–H groups in total. The van der Waals surface area contributed by atoms with Crippen molar-refractivity contribution in [3.8, 4) is 0 Å². The lowest BCUT2D eigenvalue weighted by Crippen LogP contribution is -2.42. The van der Waals surface area contributed by atoms with Crippen LogP contribution in [-0.4, -0.2) is 55.2 Å². The molecule has 3 aromatic rings. The molecule has 2 aromatic heterocycles. The normalized spacial score (nSPS) is 10.6. The Morgan fingerprint density at radius 3 is 2.57 bits per heavy atom. The predicted octanol–water partition coefficient (Wildman–Crippen LogP) is 1.59. The molecule has 2 heterocycles. The molecule has 30 heavy (non-hydrogen) atoms. The molecule has 3 rings (SSSR count). The number of hydrazine groups is 1. The van der Waals surface area contributed by atoms with Gasteiger partial charge in [-0.1, -0.05) is 35.5 Å². The van der Waals surface area contributed by atoms with Gasteiger partial charge in [0, 0.05) is 13.1 Å². The quantitative estimate of drug-likeness (QED) is 0.298. The largest absolute Gasteiger partial charge is 0.355 e. The van der Waals surface area contributed by atoms with Crippen LogP contribution in [0.5, 0.6) is 0 Å². The van der Waals surface area contributed by atoms with E-state index in [0.717, 1.165) is 11.8 Å². The molecular formula is C17H20ClN9O2S. The number of carbonyl (C=O) groups excluding carboxylic acids is 2. The van der Waals surface area contributed by atoms with Crippen LogP contribution in [0.15, 0.2) is 29.4 Å². The highest BCUT2D eigenvalue weighted by molar-refractivity contribution is 7.99. The van der Waals surface area contributed by atoms with Gasteiger partial charge in [-0.2, -0.15) is 9.97 Å². The summed E-state index contributed by atoms with van der Waals surface area (Å²) in [6.07, 6.45) is 0. The summed E-state index contributed by atoms with van der Waals surface area (Å²) >= 11 is 7.11. The Labute approximate surface area is 181 Å². The van der Waals surface area contributed by atoms with Gasteiger partial charge in [0.15, 0.2) is 5.16 Å². The minimum atomic E-state index is -0.509. The van der Waals surface area contributed by atoms with Crippen LogP contribution in [0.25, 0.3) is 5.78 Å². The van der Waals surface area contributed by atoms with Crippen LogP contribution in [0.3, 0.4) is 0 Å². The summed E-state index contributed by atoms with van der Waals surface area (Å²) in [5.74, 6) is 0.359. The van der Waals surface area contributed by atoms with E-state index in [1.54, 1.807) is 28.7 Å². The molecule has 0 saturated heterocycles. The van der Waals surface area contributed by atoms with E-state index in [4.69, 9.17) is 11.6 Å². The molecule has 0 aliphatic rings. The van der Waals surface area contributed by atoms with E-state index >= 15 is 0 Å². The Balaban J connectivity index is 1.64. The Morgan fingerprint density at radius 2 is 1.83 bits per heavy atom. The Kier molecular flexibility index (Phi) is 7.25. The first-order valence-electron chi connectivity index (χ1n) is 9.10. The minimum absolute atomic E-state index is 0.00980. The van der Waals surface area contributed by atoms with Gasteiger partial charge in [0.2, 0.25) is 17.8 Å². The summed E-state index contributed by atoms with van der Waals surface area (Å²) in [5.41, 5.74) is 4.95. The van der Waals surface area contributed by atoms with E-state index in [1.807, 2.05) is 13.8 Å². The van der Waals surface area contributed by atoms with Crippen LogP contribution in [-0.2, 0) is 4.79 Å². The van der Waals surface area contributed by atoms with Gasteiger partial charge in [0.25, 0.3) is 11.7 Å². The third kappa shape index (κ3) is 5.07. The van der Waals surface area contributed by atoms with Gasteiger partial charge in [0.1, 0.15) is 0 Å². The van der Waals surface area contributed by atoms with E-state index in [9.17, 15) is 9.59 Å². The number of hydrogen-bond donors (Lipinski definition) is 4. The number of nitrogens with zero attached hydrogens (tertiary/aromatic N) is 5. The molecule has 0 radical (unpaired) electrons. The van der Waals surface area contributed by atoms with Crippen molar-refractivity contribution in [1.82, 2.24) is 35.4 Å². The lowest BCUT2D eigenvalue weighted by Gasteiger charge is -2.10. The number of fused-ring (bicyclic) bond motifs is 1. The fourth-order valence-corrected chi connectivity index (χ4v) is 3.35. The Hall–Kier alpha value is -3.12. The number of rotatable bonds is 8. The summed E-state index contributed by atoms with van der Waals surface area (Å²) in [7, 11) is 0. The third-order valence-electron chi connectivity index (χ3n) is 3.68. The predicted molar refractivity (Wildman–Crippen MR) is 115 cm³/mol. The van der Waals surface area contributed by atoms with E-state index in [1.165, 1.54) is 0 Å². The van der Waals surface area contributed by atoms with Crippen LogP contribution in [0.4, 0.5) is 11.9 Å². The van der Waals surface area contributed by atoms with Gasteiger partial charge in [-0.3, -0.25) is 20.4 Å². The fraction of sp³-hybridized carbons (Fsp3) is 0.294. The van der Waals surface area contributed by atoms with Crippen LogP contribution in [0.1, 0.15) is 24.2 Å². The molecular weight excluding hydrogens is 430 g/mol. The Bertz CT molecular complexity index is 1060. The maximum atomic E-state index is 12.2. The number of carbonyl (C=O) groups is 2. The maximum absolute atomic E-state index is 12.2. The monoisotopic (exact) mass is 449 g/mol. The number of amides is 2. The van der Waals surface area contributed by atoms with E-state index < -0.39 is 11.8 Å². The molecule has 158 valence electrons. The first-order chi connectivity index (χ1) is 14.5. The summed E-state index contributed by atoms with van der Waals surface area (Å²) in [5, 5.41) is 15.0. The number of aromatic nitrogens is 5. The van der Waals surface area contributed by atoms with Crippen LogP contribution < -0.4 is 21.5 Å². The van der Waals surface area contributed by atoms with Crippen molar-refractivity contribution in [2.45, 2.75) is 19.0 Å². The molecule has 1 aromatic carbocycles. The van der Waals surface area contributed by atoms with E-state index in [-0.39, 0.29) is 11.3 Å². The molecule has 0 bridgehead atoms. The molecule has 0 fully saturated rings. The highest BCUT2D eigenvalue weighted by Gasteiger charge is 2.16. The zero-order valence-corrected chi connectivity index (χ0v) is 17.8. The number of nitrogens with one attached hydrogen (secondary N) is 4. The molecule has 0 saturated carbocycles. The van der Waals surface area contributed by atoms with E-state index in [2.05, 4.69) is 41.7 Å².